The van der Waals surface area contributed by atoms with Gasteiger partial charge in [-0.05, 0) is 42.5 Å². The molecule has 2 amide bonds. The third-order valence-corrected chi connectivity index (χ3v) is 4.11. The summed E-state index contributed by atoms with van der Waals surface area (Å²) in [5.41, 5.74) is -1.42. The van der Waals surface area contributed by atoms with Gasteiger partial charge in [0.2, 0.25) is 0 Å². The van der Waals surface area contributed by atoms with Crippen molar-refractivity contribution in [2.24, 2.45) is 4.99 Å². The average Bonchev–Trinajstić information content (AvgIpc) is 3.14. The Hall–Kier alpha value is -3.86. The van der Waals surface area contributed by atoms with Gasteiger partial charge in [0, 0.05) is 10.7 Å². The first-order chi connectivity index (χ1) is 14.6. The maximum atomic E-state index is 13.7. The highest BCUT2D eigenvalue weighted by Gasteiger charge is 2.40. The normalized spacial score (nSPS) is 11.5. The second-order valence-electron chi connectivity index (χ2n) is 6.00. The van der Waals surface area contributed by atoms with Gasteiger partial charge in [0.15, 0.2) is 5.69 Å². The van der Waals surface area contributed by atoms with Crippen molar-refractivity contribution in [1.82, 2.24) is 15.1 Å². The fourth-order valence-corrected chi connectivity index (χ4v) is 2.72. The first-order valence-corrected chi connectivity index (χ1v) is 8.87. The molecule has 1 aromatic heterocycles. The lowest BCUT2D eigenvalue weighted by Gasteiger charge is -2.13. The monoisotopic (exact) mass is 451 g/mol. The van der Waals surface area contributed by atoms with E-state index in [1.807, 2.05) is 5.32 Å². The predicted molar refractivity (Wildman–Crippen MR) is 107 cm³/mol. The maximum absolute atomic E-state index is 13.7. The third kappa shape index (κ3) is 5.39. The molecule has 3 rings (SSSR count). The molecule has 0 spiro atoms. The zero-order valence-electron chi connectivity index (χ0n) is 15.4. The number of aliphatic imine (C=N–C) groups is 1. The number of nitrogens with zero attached hydrogens (tertiary/aromatic N) is 3. The van der Waals surface area contributed by atoms with Crippen molar-refractivity contribution in [3.05, 3.63) is 71.0 Å². The van der Waals surface area contributed by atoms with Gasteiger partial charge in [-0.2, -0.15) is 18.3 Å². The standard InChI is InChI=1S/C19H13ClF3N5O3/c20-11-4-6-14(7-5-11)28-16(19(21,22)23)15(9-26-28)17(29)27-13-3-1-2-12(8-13)24-10-25-18(30)31/h1-10H,(H,24,25)(H,27,29)(H,30,31). The van der Waals surface area contributed by atoms with Gasteiger partial charge in [-0.15, -0.1) is 0 Å². The van der Waals surface area contributed by atoms with E-state index in [0.29, 0.717) is 9.70 Å². The van der Waals surface area contributed by atoms with Crippen molar-refractivity contribution in [1.29, 1.82) is 0 Å². The van der Waals surface area contributed by atoms with Crippen LogP contribution in [-0.2, 0) is 6.18 Å². The van der Waals surface area contributed by atoms with E-state index in [-0.39, 0.29) is 17.1 Å². The van der Waals surface area contributed by atoms with Crippen molar-refractivity contribution in [2.45, 2.75) is 6.18 Å². The first kappa shape index (κ1) is 21.8. The van der Waals surface area contributed by atoms with Crippen LogP contribution >= 0.6 is 11.6 Å². The van der Waals surface area contributed by atoms with Gasteiger partial charge < -0.3 is 10.4 Å². The van der Waals surface area contributed by atoms with Gasteiger partial charge in [-0.25, -0.2) is 14.5 Å². The zero-order valence-corrected chi connectivity index (χ0v) is 16.1. The zero-order chi connectivity index (χ0) is 22.6. The number of carbonyl (C=O) groups excluding carboxylic acids is 1. The molecule has 0 bridgehead atoms. The second-order valence-corrected chi connectivity index (χ2v) is 6.44. The van der Waals surface area contributed by atoms with E-state index in [0.717, 1.165) is 12.5 Å². The first-order valence-electron chi connectivity index (χ1n) is 8.50. The van der Waals surface area contributed by atoms with Crippen molar-refractivity contribution in [3.63, 3.8) is 0 Å². The smallest absolute Gasteiger partial charge is 0.434 e. The van der Waals surface area contributed by atoms with E-state index in [1.165, 1.54) is 48.5 Å². The van der Waals surface area contributed by atoms with Crippen LogP contribution < -0.4 is 10.6 Å². The van der Waals surface area contributed by atoms with Gasteiger partial charge >= 0.3 is 12.3 Å². The Bertz CT molecular complexity index is 1140. The molecule has 0 saturated heterocycles. The van der Waals surface area contributed by atoms with Crippen LogP contribution in [0.25, 0.3) is 5.69 Å². The lowest BCUT2D eigenvalue weighted by atomic mass is 10.2. The maximum Gasteiger partial charge on any atom is 0.434 e. The minimum absolute atomic E-state index is 0.0815. The van der Waals surface area contributed by atoms with Crippen LogP contribution in [0.5, 0.6) is 0 Å². The lowest BCUT2D eigenvalue weighted by Crippen LogP contribution is -2.20. The number of rotatable bonds is 5. The minimum atomic E-state index is -4.86. The number of nitrogens with one attached hydrogen (secondary N) is 2. The molecule has 0 radical (unpaired) electrons. The van der Waals surface area contributed by atoms with E-state index >= 15 is 0 Å². The highest BCUT2D eigenvalue weighted by molar-refractivity contribution is 6.30. The van der Waals surface area contributed by atoms with E-state index in [1.54, 1.807) is 0 Å². The van der Waals surface area contributed by atoms with Crippen molar-refractivity contribution in [2.75, 3.05) is 5.32 Å². The van der Waals surface area contributed by atoms with Gasteiger partial charge in [0.1, 0.15) is 0 Å². The van der Waals surface area contributed by atoms with Crippen LogP contribution in [0.15, 0.2) is 59.7 Å². The number of carboxylic acid groups (broad SMARTS) is 1. The number of aromatic nitrogens is 2. The summed E-state index contributed by atoms with van der Waals surface area (Å²) >= 11 is 5.78. The molecule has 2 aromatic carbocycles. The highest BCUT2D eigenvalue weighted by Crippen LogP contribution is 2.34. The van der Waals surface area contributed by atoms with Crippen LogP contribution in [0.4, 0.5) is 29.3 Å². The van der Waals surface area contributed by atoms with Crippen LogP contribution in [0.3, 0.4) is 0 Å². The van der Waals surface area contributed by atoms with Gasteiger partial charge in [0.05, 0.1) is 29.5 Å². The van der Waals surface area contributed by atoms with E-state index in [9.17, 15) is 22.8 Å². The summed E-state index contributed by atoms with van der Waals surface area (Å²) < 4.78 is 41.8. The molecular weight excluding hydrogens is 439 g/mol. The number of hydrogen-bond donors (Lipinski definition) is 3. The summed E-state index contributed by atoms with van der Waals surface area (Å²) in [5.74, 6) is -1.03. The number of hydrogen-bond acceptors (Lipinski definition) is 4. The fourth-order valence-electron chi connectivity index (χ4n) is 2.59. The van der Waals surface area contributed by atoms with E-state index < -0.39 is 29.4 Å². The highest BCUT2D eigenvalue weighted by atomic mass is 35.5. The number of amides is 2. The average molecular weight is 452 g/mol. The largest absolute Gasteiger partial charge is 0.465 e. The Labute approximate surface area is 178 Å². The van der Waals surface area contributed by atoms with Crippen molar-refractivity contribution in [3.8, 4) is 5.69 Å². The SMILES string of the molecule is O=C(O)NC=Nc1cccc(NC(=O)c2cnn(-c3ccc(Cl)cc3)c2C(F)(F)F)c1. The molecule has 31 heavy (non-hydrogen) atoms. The Morgan fingerprint density at radius 2 is 1.87 bits per heavy atom. The summed E-state index contributed by atoms with van der Waals surface area (Å²) in [6.45, 7) is 0. The topological polar surface area (TPSA) is 109 Å². The molecule has 0 aliphatic rings. The van der Waals surface area contributed by atoms with Gasteiger partial charge in [0.25, 0.3) is 5.91 Å². The Balaban J connectivity index is 1.89. The molecule has 3 N–H and O–H groups in total. The molecule has 1 heterocycles. The molecule has 8 nitrogen and oxygen atoms in total. The summed E-state index contributed by atoms with van der Waals surface area (Å²) in [7, 11) is 0. The van der Waals surface area contributed by atoms with Crippen LogP contribution in [0, 0.1) is 0 Å². The summed E-state index contributed by atoms with van der Waals surface area (Å²) in [5, 5.41) is 16.9. The second kappa shape index (κ2) is 8.88. The Morgan fingerprint density at radius 1 is 1.16 bits per heavy atom. The van der Waals surface area contributed by atoms with E-state index in [4.69, 9.17) is 16.7 Å². The Morgan fingerprint density at radius 3 is 2.52 bits per heavy atom. The lowest BCUT2D eigenvalue weighted by molar-refractivity contribution is -0.143. The third-order valence-electron chi connectivity index (χ3n) is 3.86. The molecule has 0 fully saturated rings. The number of halogens is 4. The Kier molecular flexibility index (Phi) is 6.25. The number of carbonyl (C=O) groups is 2. The van der Waals surface area contributed by atoms with Crippen LogP contribution in [0.1, 0.15) is 16.1 Å². The quantitative estimate of drug-likeness (QED) is 0.385. The number of alkyl halides is 3. The number of anilines is 1. The van der Waals surface area contributed by atoms with Crippen LogP contribution in [0.2, 0.25) is 5.02 Å². The van der Waals surface area contributed by atoms with E-state index in [2.05, 4.69) is 15.4 Å². The predicted octanol–water partition coefficient (Wildman–Crippen LogP) is 4.72. The van der Waals surface area contributed by atoms with Gasteiger partial charge in [-0.1, -0.05) is 17.7 Å². The number of benzene rings is 2. The molecule has 0 aliphatic heterocycles. The van der Waals surface area contributed by atoms with Crippen molar-refractivity contribution < 1.29 is 27.9 Å². The molecule has 0 unspecified atom stereocenters. The molecule has 0 aliphatic carbocycles. The molecule has 160 valence electrons. The van der Waals surface area contributed by atoms with Crippen molar-refractivity contribution >= 4 is 41.3 Å². The molecule has 12 heteroatoms. The fraction of sp³-hybridized carbons (Fsp3) is 0.0526. The molecule has 3 aromatic rings. The van der Waals surface area contributed by atoms with Gasteiger partial charge in [-0.3, -0.25) is 10.1 Å². The minimum Gasteiger partial charge on any atom is -0.465 e. The molecule has 0 saturated carbocycles. The van der Waals surface area contributed by atoms with Crippen LogP contribution in [-0.4, -0.2) is 33.2 Å². The molecule has 0 atom stereocenters. The molecular formula is C19H13ClF3N5O3. The summed E-state index contributed by atoms with van der Waals surface area (Å²) in [6, 6.07) is 11.3. The summed E-state index contributed by atoms with van der Waals surface area (Å²) in [6.07, 6.45) is -4.44. The summed E-state index contributed by atoms with van der Waals surface area (Å²) in [4.78, 5) is 26.8.